The van der Waals surface area contributed by atoms with E-state index in [0.717, 1.165) is 38.2 Å². The monoisotopic (exact) mass is 404 g/mol. The van der Waals surface area contributed by atoms with E-state index in [-0.39, 0.29) is 12.5 Å². The molecule has 2 aromatic rings. The smallest absolute Gasteiger partial charge is 0.277 e. The molecule has 0 fully saturated rings. The minimum atomic E-state index is -0.317. The number of amides is 1. The molecule has 0 heterocycles. The molecule has 0 aliphatic heterocycles. The van der Waals surface area contributed by atoms with Crippen LogP contribution < -0.4 is 14.9 Å². The zero-order chi connectivity index (χ0) is 18.4. The van der Waals surface area contributed by atoms with Crippen LogP contribution >= 0.6 is 15.9 Å². The van der Waals surface area contributed by atoms with E-state index in [1.54, 1.807) is 13.3 Å². The number of benzene rings is 2. The van der Waals surface area contributed by atoms with Crippen LogP contribution in [0.3, 0.4) is 0 Å². The van der Waals surface area contributed by atoms with Crippen LogP contribution in [0.4, 0.5) is 0 Å². The summed E-state index contributed by atoms with van der Waals surface area (Å²) in [4.78, 5) is 11.9. The first-order valence-corrected chi connectivity index (χ1v) is 8.56. The summed E-state index contributed by atoms with van der Waals surface area (Å²) in [5.41, 5.74) is 6.56. The third kappa shape index (κ3) is 5.32. The Morgan fingerprint density at radius 1 is 1.20 bits per heavy atom. The summed E-state index contributed by atoms with van der Waals surface area (Å²) < 4.78 is 11.6. The molecule has 0 aromatic heterocycles. The van der Waals surface area contributed by atoms with Crippen molar-refractivity contribution >= 4 is 28.1 Å². The number of ether oxygens (including phenoxy) is 2. The highest BCUT2D eigenvalue weighted by Gasteiger charge is 2.07. The Hall–Kier alpha value is -2.34. The fourth-order valence-corrected chi connectivity index (χ4v) is 2.83. The Balaban J connectivity index is 1.90. The van der Waals surface area contributed by atoms with Gasteiger partial charge in [0, 0.05) is 0 Å². The number of halogens is 1. The predicted molar refractivity (Wildman–Crippen MR) is 103 cm³/mol. The molecule has 0 spiro atoms. The van der Waals surface area contributed by atoms with Crippen molar-refractivity contribution in [1.82, 2.24) is 5.43 Å². The van der Waals surface area contributed by atoms with E-state index in [2.05, 4.69) is 32.5 Å². The SMILES string of the molecule is COc1ccc(/C=N/NC(=O)COc2cc(C)cc(C)c2C)cc1Br. The van der Waals surface area contributed by atoms with Gasteiger partial charge in [0.1, 0.15) is 11.5 Å². The van der Waals surface area contributed by atoms with Gasteiger partial charge in [0.15, 0.2) is 6.61 Å². The number of carbonyl (C=O) groups is 1. The first-order valence-electron chi connectivity index (χ1n) is 7.77. The van der Waals surface area contributed by atoms with Crippen LogP contribution in [0.2, 0.25) is 0 Å². The van der Waals surface area contributed by atoms with Gasteiger partial charge in [-0.3, -0.25) is 4.79 Å². The molecule has 25 heavy (non-hydrogen) atoms. The molecule has 0 unspecified atom stereocenters. The molecule has 0 atom stereocenters. The Kier molecular flexibility index (Phi) is 6.58. The van der Waals surface area contributed by atoms with Gasteiger partial charge in [0.25, 0.3) is 5.91 Å². The van der Waals surface area contributed by atoms with E-state index in [9.17, 15) is 4.79 Å². The molecule has 132 valence electrons. The molecular formula is C19H21BrN2O3. The summed E-state index contributed by atoms with van der Waals surface area (Å²) in [6.07, 6.45) is 1.56. The van der Waals surface area contributed by atoms with E-state index >= 15 is 0 Å². The third-order valence-corrected chi connectivity index (χ3v) is 4.32. The van der Waals surface area contributed by atoms with Crippen LogP contribution in [-0.4, -0.2) is 25.8 Å². The van der Waals surface area contributed by atoms with Crippen molar-refractivity contribution in [2.75, 3.05) is 13.7 Å². The van der Waals surface area contributed by atoms with Crippen molar-refractivity contribution in [3.05, 3.63) is 57.1 Å². The number of hydrogen-bond acceptors (Lipinski definition) is 4. The topological polar surface area (TPSA) is 59.9 Å². The lowest BCUT2D eigenvalue weighted by molar-refractivity contribution is -0.123. The lowest BCUT2D eigenvalue weighted by Gasteiger charge is -2.11. The van der Waals surface area contributed by atoms with Crippen molar-refractivity contribution in [3.63, 3.8) is 0 Å². The number of aryl methyl sites for hydroxylation is 2. The highest BCUT2D eigenvalue weighted by Crippen LogP contribution is 2.25. The maximum absolute atomic E-state index is 11.9. The number of hydrogen-bond donors (Lipinski definition) is 1. The van der Waals surface area contributed by atoms with E-state index in [0.29, 0.717) is 0 Å². The molecule has 0 aliphatic rings. The molecular weight excluding hydrogens is 384 g/mol. The Morgan fingerprint density at radius 3 is 2.64 bits per heavy atom. The molecule has 0 saturated heterocycles. The summed E-state index contributed by atoms with van der Waals surface area (Å²) in [5, 5.41) is 3.94. The Bertz CT molecular complexity index is 803. The van der Waals surface area contributed by atoms with Gasteiger partial charge in [-0.2, -0.15) is 5.10 Å². The van der Waals surface area contributed by atoms with Crippen molar-refractivity contribution in [2.24, 2.45) is 5.10 Å². The summed E-state index contributed by atoms with van der Waals surface area (Å²) in [5.74, 6) is 1.14. The van der Waals surface area contributed by atoms with E-state index < -0.39 is 0 Å². The second-order valence-corrected chi connectivity index (χ2v) is 6.54. The summed E-state index contributed by atoms with van der Waals surface area (Å²) >= 11 is 3.40. The van der Waals surface area contributed by atoms with Crippen LogP contribution in [0.1, 0.15) is 22.3 Å². The zero-order valence-corrected chi connectivity index (χ0v) is 16.3. The minimum absolute atomic E-state index is 0.0899. The van der Waals surface area contributed by atoms with Crippen molar-refractivity contribution in [3.8, 4) is 11.5 Å². The largest absolute Gasteiger partial charge is 0.496 e. The summed E-state index contributed by atoms with van der Waals surface area (Å²) in [7, 11) is 1.60. The second kappa shape index (κ2) is 8.67. The van der Waals surface area contributed by atoms with Gasteiger partial charge in [0.2, 0.25) is 0 Å². The quantitative estimate of drug-likeness (QED) is 0.586. The van der Waals surface area contributed by atoms with Crippen LogP contribution in [0.15, 0.2) is 39.9 Å². The van der Waals surface area contributed by atoms with Gasteiger partial charge in [0.05, 0.1) is 17.8 Å². The predicted octanol–water partition coefficient (Wildman–Crippen LogP) is 3.91. The number of rotatable bonds is 6. The van der Waals surface area contributed by atoms with Gasteiger partial charge >= 0.3 is 0 Å². The Labute approximate surface area is 156 Å². The molecule has 1 N–H and O–H groups in total. The highest BCUT2D eigenvalue weighted by atomic mass is 79.9. The zero-order valence-electron chi connectivity index (χ0n) is 14.7. The van der Waals surface area contributed by atoms with E-state index in [1.165, 1.54) is 0 Å². The van der Waals surface area contributed by atoms with Gasteiger partial charge in [-0.05, 0) is 83.2 Å². The van der Waals surface area contributed by atoms with Crippen LogP contribution in [0.5, 0.6) is 11.5 Å². The van der Waals surface area contributed by atoms with Crippen LogP contribution in [0, 0.1) is 20.8 Å². The average molecular weight is 405 g/mol. The van der Waals surface area contributed by atoms with E-state index in [4.69, 9.17) is 9.47 Å². The Morgan fingerprint density at radius 2 is 1.96 bits per heavy atom. The molecule has 0 bridgehead atoms. The second-order valence-electron chi connectivity index (χ2n) is 5.68. The first kappa shape index (κ1) is 19.0. The van der Waals surface area contributed by atoms with E-state index in [1.807, 2.05) is 45.0 Å². The first-order chi connectivity index (χ1) is 11.9. The lowest BCUT2D eigenvalue weighted by atomic mass is 10.1. The maximum atomic E-state index is 11.9. The summed E-state index contributed by atoms with van der Waals surface area (Å²) in [6, 6.07) is 9.52. The molecule has 5 nitrogen and oxygen atoms in total. The van der Waals surface area contributed by atoms with Crippen molar-refractivity contribution in [2.45, 2.75) is 20.8 Å². The van der Waals surface area contributed by atoms with Gasteiger partial charge in [-0.1, -0.05) is 6.07 Å². The molecule has 0 radical (unpaired) electrons. The van der Waals surface area contributed by atoms with Gasteiger partial charge < -0.3 is 9.47 Å². The molecule has 0 saturated carbocycles. The number of carbonyl (C=O) groups excluding carboxylic acids is 1. The van der Waals surface area contributed by atoms with Crippen molar-refractivity contribution in [1.29, 1.82) is 0 Å². The normalized spacial score (nSPS) is 10.8. The van der Waals surface area contributed by atoms with Gasteiger partial charge in [-0.25, -0.2) is 5.43 Å². The molecule has 2 rings (SSSR count). The number of methoxy groups -OCH3 is 1. The fraction of sp³-hybridized carbons (Fsp3) is 0.263. The lowest BCUT2D eigenvalue weighted by Crippen LogP contribution is -2.24. The highest BCUT2D eigenvalue weighted by molar-refractivity contribution is 9.10. The van der Waals surface area contributed by atoms with Crippen molar-refractivity contribution < 1.29 is 14.3 Å². The number of nitrogens with one attached hydrogen (secondary N) is 1. The van der Waals surface area contributed by atoms with Gasteiger partial charge in [-0.15, -0.1) is 0 Å². The molecule has 0 aliphatic carbocycles. The fourth-order valence-electron chi connectivity index (χ4n) is 2.27. The molecule has 1 amide bonds. The maximum Gasteiger partial charge on any atom is 0.277 e. The van der Waals surface area contributed by atoms with Crippen LogP contribution in [0.25, 0.3) is 0 Å². The minimum Gasteiger partial charge on any atom is -0.496 e. The average Bonchev–Trinajstić information content (AvgIpc) is 2.57. The number of nitrogens with zero attached hydrogens (tertiary/aromatic N) is 1. The van der Waals surface area contributed by atoms with Crippen LogP contribution in [-0.2, 0) is 4.79 Å². The number of hydrazone groups is 1. The molecule has 6 heteroatoms. The molecule has 2 aromatic carbocycles. The standard InChI is InChI=1S/C19H21BrN2O3/c1-12-7-13(2)14(3)18(8-12)25-11-19(23)22-21-10-15-5-6-17(24-4)16(20)9-15/h5-10H,11H2,1-4H3,(H,22,23)/b21-10+. The summed E-state index contributed by atoms with van der Waals surface area (Å²) in [6.45, 7) is 5.90. The third-order valence-electron chi connectivity index (χ3n) is 3.70.